The lowest BCUT2D eigenvalue weighted by molar-refractivity contribution is -0.136. The van der Waals surface area contributed by atoms with Gasteiger partial charge in [-0.05, 0) is 55.3 Å². The van der Waals surface area contributed by atoms with Gasteiger partial charge in [0.1, 0.15) is 0 Å². The lowest BCUT2D eigenvalue weighted by atomic mass is 9.97. The molecule has 0 saturated heterocycles. The topological polar surface area (TPSA) is 12.0 Å². The highest BCUT2D eigenvalue weighted by Crippen LogP contribution is 2.30. The Labute approximate surface area is 118 Å². The molecular weight excluding hydrogens is 263 g/mol. The summed E-state index contributed by atoms with van der Waals surface area (Å²) in [6.07, 6.45) is -0.452. The van der Waals surface area contributed by atoms with E-state index in [1.54, 1.807) is 0 Å². The molecule has 0 amide bonds. The van der Waals surface area contributed by atoms with Gasteiger partial charge in [-0.2, -0.15) is 13.2 Å². The molecule has 1 atom stereocenters. The second-order valence-corrected chi connectivity index (χ2v) is 5.54. The van der Waals surface area contributed by atoms with Crippen LogP contribution in [0, 0.1) is 0 Å². The van der Waals surface area contributed by atoms with Crippen LogP contribution in [0.5, 0.6) is 0 Å². The van der Waals surface area contributed by atoms with E-state index in [9.17, 15) is 13.2 Å². The zero-order valence-corrected chi connectivity index (χ0v) is 11.9. The third kappa shape index (κ3) is 4.23. The highest BCUT2D eigenvalue weighted by molar-refractivity contribution is 5.36. The normalized spacial score (nSPS) is 16.2. The molecule has 0 radical (unpaired) electrons. The summed E-state index contributed by atoms with van der Waals surface area (Å²) in [5.41, 5.74) is 3.68. The standard InChI is InChI=1S/C16H22F3N/c1-2-10-20-15(8-9-16(17,18)19)14-7-6-12-4-3-5-13(12)11-14/h6-7,11,15,20H,2-5,8-10H2,1H3. The van der Waals surface area contributed by atoms with Crippen molar-refractivity contribution in [2.45, 2.75) is 57.7 Å². The number of fused-ring (bicyclic) bond motifs is 1. The van der Waals surface area contributed by atoms with Crippen molar-refractivity contribution in [2.75, 3.05) is 6.54 Å². The lowest BCUT2D eigenvalue weighted by Crippen LogP contribution is -2.24. The molecule has 1 nitrogen and oxygen atoms in total. The van der Waals surface area contributed by atoms with Crippen molar-refractivity contribution < 1.29 is 13.2 Å². The minimum Gasteiger partial charge on any atom is -0.310 e. The number of hydrogen-bond donors (Lipinski definition) is 1. The maximum absolute atomic E-state index is 12.4. The van der Waals surface area contributed by atoms with E-state index in [0.717, 1.165) is 37.8 Å². The Bertz CT molecular complexity index is 440. The number of hydrogen-bond acceptors (Lipinski definition) is 1. The van der Waals surface area contributed by atoms with Crippen molar-refractivity contribution in [3.8, 4) is 0 Å². The summed E-state index contributed by atoms with van der Waals surface area (Å²) in [6.45, 7) is 2.77. The number of rotatable bonds is 6. The first kappa shape index (κ1) is 15.4. The van der Waals surface area contributed by atoms with Gasteiger partial charge in [0.25, 0.3) is 0 Å². The zero-order valence-electron chi connectivity index (χ0n) is 11.9. The average Bonchev–Trinajstić information content (AvgIpc) is 2.85. The van der Waals surface area contributed by atoms with Gasteiger partial charge >= 0.3 is 6.18 Å². The number of nitrogens with one attached hydrogen (secondary N) is 1. The summed E-state index contributed by atoms with van der Waals surface area (Å²) < 4.78 is 37.3. The molecule has 0 heterocycles. The van der Waals surface area contributed by atoms with Gasteiger partial charge in [-0.15, -0.1) is 0 Å². The number of aryl methyl sites for hydroxylation is 2. The van der Waals surface area contributed by atoms with Crippen LogP contribution < -0.4 is 5.32 Å². The first-order chi connectivity index (χ1) is 9.49. The van der Waals surface area contributed by atoms with Crippen LogP contribution in [0.2, 0.25) is 0 Å². The molecule has 1 N–H and O–H groups in total. The van der Waals surface area contributed by atoms with Crippen LogP contribution in [0.15, 0.2) is 18.2 Å². The molecular formula is C16H22F3N. The Balaban J connectivity index is 2.09. The number of alkyl halides is 3. The SMILES string of the molecule is CCCNC(CCC(F)(F)F)c1ccc2c(c1)CCC2. The molecule has 1 aromatic rings. The Kier molecular flexibility index (Phi) is 5.08. The maximum atomic E-state index is 12.4. The lowest BCUT2D eigenvalue weighted by Gasteiger charge is -2.20. The van der Waals surface area contributed by atoms with Gasteiger partial charge in [-0.25, -0.2) is 0 Å². The minimum absolute atomic E-state index is 0.113. The van der Waals surface area contributed by atoms with E-state index in [0.29, 0.717) is 0 Å². The molecule has 2 rings (SSSR count). The summed E-state index contributed by atoms with van der Waals surface area (Å²) in [4.78, 5) is 0. The molecule has 1 aromatic carbocycles. The van der Waals surface area contributed by atoms with Crippen molar-refractivity contribution in [1.29, 1.82) is 0 Å². The monoisotopic (exact) mass is 285 g/mol. The molecule has 0 bridgehead atoms. The van der Waals surface area contributed by atoms with Gasteiger partial charge in [0.15, 0.2) is 0 Å². The molecule has 1 unspecified atom stereocenters. The van der Waals surface area contributed by atoms with Crippen molar-refractivity contribution in [2.24, 2.45) is 0 Å². The fourth-order valence-corrected chi connectivity index (χ4v) is 2.82. The average molecular weight is 285 g/mol. The Morgan fingerprint density at radius 3 is 2.65 bits per heavy atom. The van der Waals surface area contributed by atoms with Gasteiger partial charge in [0.05, 0.1) is 0 Å². The second kappa shape index (κ2) is 6.61. The zero-order chi connectivity index (χ0) is 14.6. The Morgan fingerprint density at radius 1 is 1.20 bits per heavy atom. The Morgan fingerprint density at radius 2 is 1.95 bits per heavy atom. The maximum Gasteiger partial charge on any atom is 0.389 e. The minimum atomic E-state index is -4.08. The first-order valence-electron chi connectivity index (χ1n) is 7.41. The van der Waals surface area contributed by atoms with E-state index in [-0.39, 0.29) is 12.5 Å². The van der Waals surface area contributed by atoms with Gasteiger partial charge in [-0.3, -0.25) is 0 Å². The van der Waals surface area contributed by atoms with Crippen molar-refractivity contribution in [3.63, 3.8) is 0 Å². The molecule has 0 fully saturated rings. The van der Waals surface area contributed by atoms with Crippen LogP contribution in [0.1, 0.15) is 55.3 Å². The van der Waals surface area contributed by atoms with E-state index in [1.165, 1.54) is 11.1 Å². The molecule has 0 saturated carbocycles. The highest BCUT2D eigenvalue weighted by atomic mass is 19.4. The first-order valence-corrected chi connectivity index (χ1v) is 7.41. The third-order valence-corrected chi connectivity index (χ3v) is 3.88. The molecule has 0 aromatic heterocycles. The van der Waals surface area contributed by atoms with Crippen LogP contribution in [0.3, 0.4) is 0 Å². The summed E-state index contributed by atoms with van der Waals surface area (Å²) in [7, 11) is 0. The van der Waals surface area contributed by atoms with Crippen LogP contribution >= 0.6 is 0 Å². The van der Waals surface area contributed by atoms with E-state index in [4.69, 9.17) is 0 Å². The van der Waals surface area contributed by atoms with E-state index >= 15 is 0 Å². The summed E-state index contributed by atoms with van der Waals surface area (Å²) in [6, 6.07) is 5.99. The van der Waals surface area contributed by atoms with Gasteiger partial charge in [-0.1, -0.05) is 25.1 Å². The predicted octanol–water partition coefficient (Wildman–Crippen LogP) is 4.56. The summed E-state index contributed by atoms with van der Waals surface area (Å²) in [5, 5.41) is 3.25. The fourth-order valence-electron chi connectivity index (χ4n) is 2.82. The van der Waals surface area contributed by atoms with Gasteiger partial charge in [0, 0.05) is 12.5 Å². The molecule has 1 aliphatic rings. The second-order valence-electron chi connectivity index (χ2n) is 5.54. The van der Waals surface area contributed by atoms with E-state index in [1.807, 2.05) is 13.0 Å². The number of benzene rings is 1. The van der Waals surface area contributed by atoms with Crippen molar-refractivity contribution >= 4 is 0 Å². The smallest absolute Gasteiger partial charge is 0.310 e. The molecule has 112 valence electrons. The molecule has 0 spiro atoms. The van der Waals surface area contributed by atoms with Crippen LogP contribution in [-0.2, 0) is 12.8 Å². The van der Waals surface area contributed by atoms with Gasteiger partial charge < -0.3 is 5.32 Å². The van der Waals surface area contributed by atoms with E-state index in [2.05, 4.69) is 17.4 Å². The Hall–Kier alpha value is -1.03. The highest BCUT2D eigenvalue weighted by Gasteiger charge is 2.28. The van der Waals surface area contributed by atoms with Crippen LogP contribution in [0.4, 0.5) is 13.2 Å². The summed E-state index contributed by atoms with van der Waals surface area (Å²) in [5.74, 6) is 0. The van der Waals surface area contributed by atoms with E-state index < -0.39 is 12.6 Å². The van der Waals surface area contributed by atoms with Crippen LogP contribution in [-0.4, -0.2) is 12.7 Å². The van der Waals surface area contributed by atoms with Crippen molar-refractivity contribution in [1.82, 2.24) is 5.32 Å². The van der Waals surface area contributed by atoms with Crippen molar-refractivity contribution in [3.05, 3.63) is 34.9 Å². The molecule has 4 heteroatoms. The summed E-state index contributed by atoms with van der Waals surface area (Å²) >= 11 is 0. The third-order valence-electron chi connectivity index (χ3n) is 3.88. The molecule has 20 heavy (non-hydrogen) atoms. The predicted molar refractivity (Wildman–Crippen MR) is 74.8 cm³/mol. The fraction of sp³-hybridized carbons (Fsp3) is 0.625. The molecule has 0 aliphatic heterocycles. The largest absolute Gasteiger partial charge is 0.389 e. The number of halogens is 3. The van der Waals surface area contributed by atoms with Gasteiger partial charge in [0.2, 0.25) is 0 Å². The quantitative estimate of drug-likeness (QED) is 0.808. The van der Waals surface area contributed by atoms with Crippen LogP contribution in [0.25, 0.3) is 0 Å². The molecule has 1 aliphatic carbocycles.